The molecule has 0 bridgehead atoms. The molecule has 0 aliphatic carbocycles. The minimum Gasteiger partial charge on any atom is -0.508 e. The maximum Gasteiger partial charge on any atom is 0.122 e. The van der Waals surface area contributed by atoms with Gasteiger partial charge in [0.2, 0.25) is 0 Å². The minimum absolute atomic E-state index is 0.275. The summed E-state index contributed by atoms with van der Waals surface area (Å²) in [7, 11) is 0. The Morgan fingerprint density at radius 1 is 0.800 bits per heavy atom. The van der Waals surface area contributed by atoms with Crippen LogP contribution in [0.3, 0.4) is 0 Å². The second kappa shape index (κ2) is 6.00. The Morgan fingerprint density at radius 2 is 1.40 bits per heavy atom. The van der Waals surface area contributed by atoms with Crippen molar-refractivity contribution in [2.75, 3.05) is 0 Å². The van der Waals surface area contributed by atoms with E-state index in [9.17, 15) is 10.2 Å². The Hall–Kier alpha value is -1.96. The van der Waals surface area contributed by atoms with Gasteiger partial charge in [0.25, 0.3) is 0 Å². The number of aryl methyl sites for hydroxylation is 1. The molecule has 0 heterocycles. The number of aromatic hydroxyl groups is 2. The van der Waals surface area contributed by atoms with Gasteiger partial charge in [0.1, 0.15) is 11.5 Å². The summed E-state index contributed by atoms with van der Waals surface area (Å²) in [5, 5.41) is 19.8. The lowest BCUT2D eigenvalue weighted by molar-refractivity contribution is 0.461. The molecule has 0 saturated carbocycles. The third-order valence-corrected chi connectivity index (χ3v) is 3.86. The minimum atomic E-state index is 0.275. The van der Waals surface area contributed by atoms with Gasteiger partial charge < -0.3 is 10.2 Å². The molecule has 2 rings (SSSR count). The van der Waals surface area contributed by atoms with Gasteiger partial charge in [0, 0.05) is 0 Å². The normalized spacial score (nSPS) is 10.8. The highest BCUT2D eigenvalue weighted by Crippen LogP contribution is 2.36. The van der Waals surface area contributed by atoms with Gasteiger partial charge in [-0.2, -0.15) is 0 Å². The van der Waals surface area contributed by atoms with Gasteiger partial charge in [0.15, 0.2) is 0 Å². The first-order valence-corrected chi connectivity index (χ1v) is 7.28. The van der Waals surface area contributed by atoms with Crippen LogP contribution in [-0.4, -0.2) is 10.2 Å². The molecule has 0 unspecified atom stereocenters. The van der Waals surface area contributed by atoms with Crippen molar-refractivity contribution in [3.05, 3.63) is 47.0 Å². The molecule has 0 aromatic heterocycles. The van der Waals surface area contributed by atoms with Gasteiger partial charge in [-0.25, -0.2) is 0 Å². The van der Waals surface area contributed by atoms with Crippen molar-refractivity contribution in [3.63, 3.8) is 0 Å². The number of phenols is 2. The Labute approximate surface area is 120 Å². The van der Waals surface area contributed by atoms with E-state index in [1.54, 1.807) is 12.1 Å². The van der Waals surface area contributed by atoms with Crippen LogP contribution in [0.15, 0.2) is 30.3 Å². The van der Waals surface area contributed by atoms with Crippen molar-refractivity contribution in [3.8, 4) is 22.6 Å². The first-order valence-electron chi connectivity index (χ1n) is 7.28. The summed E-state index contributed by atoms with van der Waals surface area (Å²) in [6, 6.07) is 9.36. The van der Waals surface area contributed by atoms with Crippen LogP contribution < -0.4 is 0 Å². The summed E-state index contributed by atoms with van der Waals surface area (Å²) in [4.78, 5) is 0. The molecule has 0 aliphatic rings. The molecule has 0 saturated heterocycles. The van der Waals surface area contributed by atoms with Crippen LogP contribution in [0.5, 0.6) is 11.5 Å². The molecule has 0 amide bonds. The highest BCUT2D eigenvalue weighted by molar-refractivity contribution is 5.72. The van der Waals surface area contributed by atoms with E-state index >= 15 is 0 Å². The molecular weight excluding hydrogens is 248 g/mol. The molecule has 106 valence electrons. The lowest BCUT2D eigenvalue weighted by Gasteiger charge is -2.18. The Balaban J connectivity index is 2.70. The van der Waals surface area contributed by atoms with Crippen molar-refractivity contribution < 1.29 is 10.2 Å². The van der Waals surface area contributed by atoms with Gasteiger partial charge in [-0.1, -0.05) is 32.9 Å². The second-order valence-corrected chi connectivity index (χ2v) is 5.00. The maximum absolute atomic E-state index is 10.4. The number of rotatable bonds is 4. The highest BCUT2D eigenvalue weighted by atomic mass is 16.3. The lowest BCUT2D eigenvalue weighted by atomic mass is 9.89. The third kappa shape index (κ3) is 2.51. The summed E-state index contributed by atoms with van der Waals surface area (Å²) in [5.41, 5.74) is 5.49. The van der Waals surface area contributed by atoms with E-state index in [0.29, 0.717) is 5.75 Å². The van der Waals surface area contributed by atoms with E-state index in [-0.39, 0.29) is 5.75 Å². The van der Waals surface area contributed by atoms with E-state index in [2.05, 4.69) is 26.8 Å². The number of hydrogen-bond donors (Lipinski definition) is 2. The maximum atomic E-state index is 10.4. The van der Waals surface area contributed by atoms with Crippen LogP contribution in [0.1, 0.15) is 37.5 Å². The molecule has 2 aromatic carbocycles. The van der Waals surface area contributed by atoms with Gasteiger partial charge in [-0.3, -0.25) is 0 Å². The molecule has 2 N–H and O–H groups in total. The fourth-order valence-corrected chi connectivity index (χ4v) is 2.78. The van der Waals surface area contributed by atoms with Gasteiger partial charge >= 0.3 is 0 Å². The van der Waals surface area contributed by atoms with Crippen LogP contribution in [0, 0.1) is 0 Å². The average Bonchev–Trinajstić information content (AvgIpc) is 2.47. The van der Waals surface area contributed by atoms with E-state index in [4.69, 9.17) is 0 Å². The van der Waals surface area contributed by atoms with E-state index < -0.39 is 0 Å². The fourth-order valence-electron chi connectivity index (χ4n) is 2.78. The largest absolute Gasteiger partial charge is 0.508 e. The van der Waals surface area contributed by atoms with Crippen molar-refractivity contribution in [1.29, 1.82) is 0 Å². The fraction of sp³-hybridized carbons (Fsp3) is 0.333. The predicted octanol–water partition coefficient (Wildman–Crippen LogP) is 4.45. The molecule has 0 aliphatic heterocycles. The zero-order chi connectivity index (χ0) is 14.7. The summed E-state index contributed by atoms with van der Waals surface area (Å²) in [6.07, 6.45) is 2.53. The smallest absolute Gasteiger partial charge is 0.122 e. The van der Waals surface area contributed by atoms with Crippen molar-refractivity contribution in [2.45, 2.75) is 40.0 Å². The van der Waals surface area contributed by atoms with Crippen LogP contribution in [0.25, 0.3) is 11.1 Å². The SMILES string of the molecule is CCc1cc(-c2ccc(O)cc2)c(CC)c(CC)c1O. The number of benzene rings is 2. The first-order chi connectivity index (χ1) is 9.62. The Morgan fingerprint density at radius 3 is 1.90 bits per heavy atom. The summed E-state index contributed by atoms with van der Waals surface area (Å²) in [6.45, 7) is 6.25. The highest BCUT2D eigenvalue weighted by Gasteiger charge is 2.15. The van der Waals surface area contributed by atoms with Crippen LogP contribution >= 0.6 is 0 Å². The monoisotopic (exact) mass is 270 g/mol. The zero-order valence-corrected chi connectivity index (χ0v) is 12.4. The number of hydrogen-bond acceptors (Lipinski definition) is 2. The summed E-state index contributed by atoms with van der Waals surface area (Å²) in [5.74, 6) is 0.728. The van der Waals surface area contributed by atoms with Crippen molar-refractivity contribution in [1.82, 2.24) is 0 Å². The quantitative estimate of drug-likeness (QED) is 0.861. The Kier molecular flexibility index (Phi) is 4.33. The first kappa shape index (κ1) is 14.4. The van der Waals surface area contributed by atoms with E-state index in [0.717, 1.165) is 36.0 Å². The molecule has 20 heavy (non-hydrogen) atoms. The van der Waals surface area contributed by atoms with Gasteiger partial charge in [-0.05, 0) is 65.3 Å². The number of phenolic OH excluding ortho intramolecular Hbond substituents is 2. The van der Waals surface area contributed by atoms with Crippen molar-refractivity contribution >= 4 is 0 Å². The topological polar surface area (TPSA) is 40.5 Å². The lowest BCUT2D eigenvalue weighted by Crippen LogP contribution is -1.99. The standard InChI is InChI=1S/C18H22O2/c1-4-12-11-17(13-7-9-14(19)10-8-13)15(5-2)16(6-3)18(12)20/h7-11,19-20H,4-6H2,1-3H3. The van der Waals surface area contributed by atoms with Gasteiger partial charge in [0.05, 0.1) is 0 Å². The molecule has 0 radical (unpaired) electrons. The van der Waals surface area contributed by atoms with E-state index in [1.165, 1.54) is 11.1 Å². The van der Waals surface area contributed by atoms with Crippen molar-refractivity contribution in [2.24, 2.45) is 0 Å². The van der Waals surface area contributed by atoms with Crippen LogP contribution in [0.2, 0.25) is 0 Å². The zero-order valence-electron chi connectivity index (χ0n) is 12.4. The van der Waals surface area contributed by atoms with Crippen LogP contribution in [-0.2, 0) is 19.3 Å². The molecule has 2 aromatic rings. The summed E-state index contributed by atoms with van der Waals surface area (Å²) >= 11 is 0. The van der Waals surface area contributed by atoms with Gasteiger partial charge in [-0.15, -0.1) is 0 Å². The van der Waals surface area contributed by atoms with Crippen LogP contribution in [0.4, 0.5) is 0 Å². The average molecular weight is 270 g/mol. The molecule has 2 heteroatoms. The Bertz CT molecular complexity index is 598. The molecule has 0 atom stereocenters. The summed E-state index contributed by atoms with van der Waals surface area (Å²) < 4.78 is 0. The third-order valence-electron chi connectivity index (χ3n) is 3.86. The molecule has 2 nitrogen and oxygen atoms in total. The predicted molar refractivity (Wildman–Crippen MR) is 83.3 cm³/mol. The molecule has 0 spiro atoms. The van der Waals surface area contributed by atoms with E-state index in [1.807, 2.05) is 12.1 Å². The molecular formula is C18H22O2. The second-order valence-electron chi connectivity index (χ2n) is 5.00. The molecule has 0 fully saturated rings.